The smallest absolute Gasteiger partial charge is 0.417 e. The minimum absolute atomic E-state index is 0.0554. The highest BCUT2D eigenvalue weighted by molar-refractivity contribution is 7.66. The van der Waals surface area contributed by atoms with Crippen LogP contribution in [0.5, 0.6) is 5.75 Å². The second-order valence-electron chi connectivity index (χ2n) is 19.8. The molecule has 18 nitrogen and oxygen atoms in total. The van der Waals surface area contributed by atoms with Gasteiger partial charge in [-0.3, -0.25) is 13.7 Å². The van der Waals surface area contributed by atoms with Gasteiger partial charge < -0.3 is 37.7 Å². The third-order valence-corrected chi connectivity index (χ3v) is 24.9. The van der Waals surface area contributed by atoms with E-state index in [1.54, 1.807) is 11.5 Å². The van der Waals surface area contributed by atoms with Crippen LogP contribution in [-0.2, 0) is 52.0 Å². The number of fused-ring (bicyclic) bond motifs is 2. The number of aromatic nitrogens is 4. The summed E-state index contributed by atoms with van der Waals surface area (Å²) in [6, 6.07) is 4.02. The second-order valence-corrected chi connectivity index (χ2v) is 33.4. The number of hydrogen-bond donors (Lipinski definition) is 1. The van der Waals surface area contributed by atoms with Gasteiger partial charge in [-0.25, -0.2) is 24.1 Å². The molecule has 0 aliphatic carbocycles. The van der Waals surface area contributed by atoms with E-state index < -0.39 is 98.1 Å². The van der Waals surface area contributed by atoms with Crippen LogP contribution in [0.1, 0.15) is 67.2 Å². The summed E-state index contributed by atoms with van der Waals surface area (Å²) in [5.74, 6) is -0.795. The zero-order chi connectivity index (χ0) is 48.5. The van der Waals surface area contributed by atoms with Crippen molar-refractivity contribution in [2.24, 2.45) is 11.8 Å². The second kappa shape index (κ2) is 18.1. The van der Waals surface area contributed by atoms with E-state index >= 15 is 0 Å². The summed E-state index contributed by atoms with van der Waals surface area (Å²) in [6.07, 6.45) is -7.26. The molecule has 6 rings (SSSR count). The summed E-state index contributed by atoms with van der Waals surface area (Å²) in [4.78, 5) is 30.5. The van der Waals surface area contributed by atoms with Crippen LogP contribution in [-0.4, -0.2) is 87.0 Å². The molecule has 4 unspecified atom stereocenters. The van der Waals surface area contributed by atoms with Crippen molar-refractivity contribution in [2.75, 3.05) is 25.7 Å². The molecule has 3 aromatic heterocycles. The van der Waals surface area contributed by atoms with Crippen LogP contribution in [0.25, 0.3) is 22.1 Å². The molecule has 1 aromatic carbocycles. The van der Waals surface area contributed by atoms with Crippen molar-refractivity contribution < 1.29 is 68.2 Å². The van der Waals surface area contributed by atoms with Crippen molar-refractivity contribution in [2.45, 2.75) is 135 Å². The van der Waals surface area contributed by atoms with E-state index in [1.807, 2.05) is 20.0 Å². The fraction of sp³-hybridized carbons (Fsp3) is 0.650. The first kappa shape index (κ1) is 51.3. The molecule has 2 saturated heterocycles. The number of nitrogen functional groups attached to an aromatic ring is 1. The van der Waals surface area contributed by atoms with Crippen LogP contribution in [0.15, 0.2) is 46.1 Å². The van der Waals surface area contributed by atoms with E-state index in [2.05, 4.69) is 69.6 Å². The topological polar surface area (TPSA) is 217 Å². The van der Waals surface area contributed by atoms with Gasteiger partial charge >= 0.3 is 27.0 Å². The lowest BCUT2D eigenvalue weighted by Crippen LogP contribution is -2.48. The Balaban J connectivity index is 1.16. The first-order valence-corrected chi connectivity index (χ1v) is 30.8. The van der Waals surface area contributed by atoms with Crippen molar-refractivity contribution in [3.63, 3.8) is 0 Å². The van der Waals surface area contributed by atoms with Gasteiger partial charge in [-0.2, -0.15) is 18.1 Å². The van der Waals surface area contributed by atoms with Gasteiger partial charge in [0.1, 0.15) is 29.3 Å². The maximum absolute atomic E-state index is 13.9. The number of nitrogens with two attached hydrogens (primary N) is 1. The molecule has 10 atom stereocenters. The van der Waals surface area contributed by atoms with Gasteiger partial charge in [-0.15, -0.1) is 4.67 Å². The van der Waals surface area contributed by atoms with Crippen LogP contribution in [0, 0.1) is 11.8 Å². The number of hydrogen-bond acceptors (Lipinski definition) is 17. The highest BCUT2D eigenvalue weighted by Gasteiger charge is 2.53. The van der Waals surface area contributed by atoms with Gasteiger partial charge in [0.2, 0.25) is 6.29 Å². The van der Waals surface area contributed by atoms with Crippen LogP contribution in [0.2, 0.25) is 36.3 Å². The first-order valence-electron chi connectivity index (χ1n) is 21.0. The lowest BCUT2D eigenvalue weighted by Gasteiger charge is -2.40. The summed E-state index contributed by atoms with van der Waals surface area (Å²) in [5, 5.41) is -0.747. The van der Waals surface area contributed by atoms with Crippen molar-refractivity contribution in [1.29, 1.82) is 0 Å². The molecule has 2 N–H and O–H groups in total. The Labute approximate surface area is 377 Å². The standard InChI is InChI=1S/C40H60F3N5O13P2Si2/c1-22-31(58-64(11,12)38(3,4)5)28(55-36(22)53-24-15-16-25-26(40(41,42)43)18-29(49)54-27(25)17-24)19-52-62(9,50)61-63(10,51)60-57-37-23(2)32(59-65(13,14)39(6,7)8)35(56-37)48-21-47-30-33(44)45-20-46-34(30)48/h15-18,20-23,28,31-32,35-37H,19H2,1-14H3,(H2,44,45,46)/t22?,23?,28-,31+,32-,35-,36+,37-,62?,63?/m1/s1. The van der Waals surface area contributed by atoms with E-state index in [1.165, 1.54) is 24.8 Å². The van der Waals surface area contributed by atoms with Gasteiger partial charge in [-0.05, 0) is 48.4 Å². The van der Waals surface area contributed by atoms with E-state index in [-0.39, 0.29) is 39.2 Å². The Morgan fingerprint density at radius 3 is 2.08 bits per heavy atom. The molecule has 2 aliphatic rings. The zero-order valence-corrected chi connectivity index (χ0v) is 42.8. The number of ether oxygens (including phenoxy) is 3. The minimum atomic E-state index is -4.80. The number of anilines is 1. The molecule has 0 spiro atoms. The molecule has 0 bridgehead atoms. The van der Waals surface area contributed by atoms with Crippen LogP contribution in [0.4, 0.5) is 19.0 Å². The molecule has 362 valence electrons. The molecule has 0 saturated carbocycles. The lowest BCUT2D eigenvalue weighted by atomic mass is 10.0. The third-order valence-electron chi connectivity index (χ3n) is 12.6. The Bertz CT molecular complexity index is 2530. The minimum Gasteiger partial charge on any atom is -0.464 e. The van der Waals surface area contributed by atoms with E-state index in [9.17, 15) is 27.1 Å². The van der Waals surface area contributed by atoms with Gasteiger partial charge in [0, 0.05) is 42.7 Å². The van der Waals surface area contributed by atoms with E-state index in [4.69, 9.17) is 51.6 Å². The predicted octanol–water partition coefficient (Wildman–Crippen LogP) is 9.87. The number of rotatable bonds is 15. The maximum Gasteiger partial charge on any atom is 0.417 e. The van der Waals surface area contributed by atoms with Crippen molar-refractivity contribution in [3.8, 4) is 5.75 Å². The summed E-state index contributed by atoms with van der Waals surface area (Å²) < 4.78 is 125. The Morgan fingerprint density at radius 2 is 1.46 bits per heavy atom. The molecule has 65 heavy (non-hydrogen) atoms. The SMILES string of the molecule is CC1[C@@H](OOP(C)(=O)OP(C)(=O)OC[C@H]2O[C@H](Oc3ccc4c(C(F)(F)F)cc(=O)oc4c3)C(C)[C@@H]2O[Si](C)(C)C(C)(C)C)O[C@@H](n2cnc3c(N)ncnc32)[C@@H]1O[Si](C)(C)C(C)(C)C. The predicted molar refractivity (Wildman–Crippen MR) is 239 cm³/mol. The highest BCUT2D eigenvalue weighted by Crippen LogP contribution is 2.62. The summed E-state index contributed by atoms with van der Waals surface area (Å²) in [5.41, 5.74) is 4.19. The first-order chi connectivity index (χ1) is 29.7. The fourth-order valence-corrected chi connectivity index (χ4v) is 12.8. The summed E-state index contributed by atoms with van der Waals surface area (Å²) >= 11 is 0. The van der Waals surface area contributed by atoms with Crippen LogP contribution < -0.4 is 16.1 Å². The van der Waals surface area contributed by atoms with E-state index in [0.29, 0.717) is 17.2 Å². The maximum atomic E-state index is 13.9. The summed E-state index contributed by atoms with van der Waals surface area (Å²) in [7, 11) is -13.5. The summed E-state index contributed by atoms with van der Waals surface area (Å²) in [6.45, 7) is 26.2. The number of benzene rings is 1. The number of imidazole rings is 1. The van der Waals surface area contributed by atoms with Crippen LogP contribution >= 0.6 is 15.2 Å². The largest absolute Gasteiger partial charge is 0.464 e. The molecule has 2 fully saturated rings. The van der Waals surface area contributed by atoms with Gasteiger partial charge in [0.15, 0.2) is 40.6 Å². The average Bonchev–Trinajstić information content (AvgIpc) is 3.81. The fourth-order valence-electron chi connectivity index (χ4n) is 6.88. The number of nitrogens with zero attached hydrogens (tertiary/aromatic N) is 4. The Hall–Kier alpha value is -3.06. The molecule has 5 heterocycles. The van der Waals surface area contributed by atoms with E-state index in [0.717, 1.165) is 19.4 Å². The van der Waals surface area contributed by atoms with Gasteiger partial charge in [-0.1, -0.05) is 55.4 Å². The highest BCUT2D eigenvalue weighted by atomic mass is 31.3. The Morgan fingerprint density at radius 1 is 0.846 bits per heavy atom. The van der Waals surface area contributed by atoms with Gasteiger partial charge in [0.25, 0.3) is 0 Å². The molecule has 0 amide bonds. The zero-order valence-electron chi connectivity index (χ0n) is 39.0. The normalized spacial score (nSPS) is 26.7. The molecular weight excluding hydrogens is 934 g/mol. The molecule has 4 aromatic rings. The van der Waals surface area contributed by atoms with Crippen LogP contribution in [0.3, 0.4) is 0 Å². The van der Waals surface area contributed by atoms with Crippen molar-refractivity contribution in [1.82, 2.24) is 19.5 Å². The molecule has 25 heteroatoms. The molecule has 2 aliphatic heterocycles. The van der Waals surface area contributed by atoms with Crippen molar-refractivity contribution in [3.05, 3.63) is 52.9 Å². The Kier molecular flexibility index (Phi) is 14.3. The van der Waals surface area contributed by atoms with Gasteiger partial charge in [0.05, 0.1) is 30.7 Å². The quantitative estimate of drug-likeness (QED) is 0.0385. The van der Waals surface area contributed by atoms with Crippen molar-refractivity contribution >= 4 is 59.8 Å². The average molecular weight is 994 g/mol. The third kappa shape index (κ3) is 11.3. The molecular formula is C40H60F3N5O13P2Si2. The number of alkyl halides is 3. The monoisotopic (exact) mass is 993 g/mol. The number of halogens is 3. The lowest BCUT2D eigenvalue weighted by molar-refractivity contribution is -0.328. The molecule has 0 radical (unpaired) electrons.